The molecular weight excluding hydrogens is 244 g/mol. The number of hydrogen-bond donors (Lipinski definition) is 1. The average Bonchev–Trinajstić information content (AvgIpc) is 2.95. The molecule has 1 aliphatic carbocycles. The van der Waals surface area contributed by atoms with Gasteiger partial charge in [0.05, 0.1) is 5.69 Å². The summed E-state index contributed by atoms with van der Waals surface area (Å²) >= 11 is 3.37. The Kier molecular flexibility index (Phi) is 2.63. The van der Waals surface area contributed by atoms with Crippen LogP contribution in [0, 0.1) is 5.92 Å². The van der Waals surface area contributed by atoms with E-state index in [-0.39, 0.29) is 6.10 Å². The molecule has 76 valence electrons. The van der Waals surface area contributed by atoms with E-state index in [0.717, 1.165) is 4.47 Å². The van der Waals surface area contributed by atoms with Gasteiger partial charge in [-0.1, -0.05) is 0 Å². The van der Waals surface area contributed by atoms with E-state index in [1.54, 1.807) is 12.3 Å². The summed E-state index contributed by atoms with van der Waals surface area (Å²) in [7, 11) is 0. The van der Waals surface area contributed by atoms with Gasteiger partial charge in [-0.2, -0.15) is 0 Å². The molecule has 1 unspecified atom stereocenters. The van der Waals surface area contributed by atoms with E-state index in [2.05, 4.69) is 27.8 Å². The second-order valence-electron chi connectivity index (χ2n) is 3.68. The number of aromatic nitrogens is 1. The second kappa shape index (κ2) is 3.77. The zero-order valence-corrected chi connectivity index (χ0v) is 9.62. The van der Waals surface area contributed by atoms with Gasteiger partial charge < -0.3 is 10.5 Å². The fraction of sp³-hybridized carbons (Fsp3) is 0.500. The van der Waals surface area contributed by atoms with Crippen molar-refractivity contribution in [1.29, 1.82) is 0 Å². The number of halogens is 1. The predicted octanol–water partition coefficient (Wildman–Crippen LogP) is 2.60. The fourth-order valence-electron chi connectivity index (χ4n) is 1.36. The number of anilines is 1. The molecule has 1 fully saturated rings. The van der Waals surface area contributed by atoms with Crippen LogP contribution in [-0.4, -0.2) is 11.1 Å². The van der Waals surface area contributed by atoms with E-state index in [4.69, 9.17) is 10.5 Å². The summed E-state index contributed by atoms with van der Waals surface area (Å²) in [6.07, 6.45) is 4.43. The maximum Gasteiger partial charge on any atom is 0.230 e. The van der Waals surface area contributed by atoms with Crippen molar-refractivity contribution in [2.24, 2.45) is 5.92 Å². The van der Waals surface area contributed by atoms with Gasteiger partial charge in [0.1, 0.15) is 10.6 Å². The zero-order chi connectivity index (χ0) is 10.1. The Morgan fingerprint density at radius 2 is 2.36 bits per heavy atom. The highest BCUT2D eigenvalue weighted by molar-refractivity contribution is 9.10. The van der Waals surface area contributed by atoms with Gasteiger partial charge in [-0.05, 0) is 47.7 Å². The van der Waals surface area contributed by atoms with Crippen LogP contribution in [0.25, 0.3) is 0 Å². The van der Waals surface area contributed by atoms with Crippen molar-refractivity contribution in [3.8, 4) is 5.88 Å². The first-order valence-corrected chi connectivity index (χ1v) is 5.54. The van der Waals surface area contributed by atoms with Crippen LogP contribution in [0.1, 0.15) is 19.8 Å². The predicted molar refractivity (Wildman–Crippen MR) is 59.2 cm³/mol. The summed E-state index contributed by atoms with van der Waals surface area (Å²) in [4.78, 5) is 4.14. The molecular formula is C10H13BrN2O. The molecule has 1 heterocycles. The summed E-state index contributed by atoms with van der Waals surface area (Å²) in [5, 5.41) is 0. The minimum absolute atomic E-state index is 0.237. The average molecular weight is 257 g/mol. The Morgan fingerprint density at radius 1 is 1.64 bits per heavy atom. The van der Waals surface area contributed by atoms with Crippen LogP contribution in [0.15, 0.2) is 16.7 Å². The van der Waals surface area contributed by atoms with Crippen LogP contribution in [0.3, 0.4) is 0 Å². The van der Waals surface area contributed by atoms with E-state index in [1.165, 1.54) is 12.8 Å². The summed E-state index contributed by atoms with van der Waals surface area (Å²) in [6, 6.07) is 1.75. The smallest absolute Gasteiger partial charge is 0.230 e. The van der Waals surface area contributed by atoms with E-state index < -0.39 is 0 Å². The molecule has 1 aromatic rings. The summed E-state index contributed by atoms with van der Waals surface area (Å²) in [5.74, 6) is 1.30. The van der Waals surface area contributed by atoms with Crippen molar-refractivity contribution in [1.82, 2.24) is 4.98 Å². The number of nitrogens with zero attached hydrogens (tertiary/aromatic N) is 1. The zero-order valence-electron chi connectivity index (χ0n) is 8.03. The molecule has 2 N–H and O–H groups in total. The van der Waals surface area contributed by atoms with E-state index >= 15 is 0 Å². The van der Waals surface area contributed by atoms with Crippen molar-refractivity contribution in [3.63, 3.8) is 0 Å². The van der Waals surface area contributed by atoms with Crippen molar-refractivity contribution in [3.05, 3.63) is 16.7 Å². The lowest BCUT2D eigenvalue weighted by Crippen LogP contribution is -2.15. The molecule has 14 heavy (non-hydrogen) atoms. The third-order valence-electron chi connectivity index (χ3n) is 2.47. The summed E-state index contributed by atoms with van der Waals surface area (Å²) in [6.45, 7) is 2.08. The summed E-state index contributed by atoms with van der Waals surface area (Å²) in [5.41, 5.74) is 6.39. The van der Waals surface area contributed by atoms with Gasteiger partial charge in [0.25, 0.3) is 0 Å². The maximum absolute atomic E-state index is 5.72. The van der Waals surface area contributed by atoms with E-state index in [0.29, 0.717) is 17.5 Å². The standard InChI is InChI=1S/C10H13BrN2O/c1-6(7-2-3-7)14-10-9(11)8(12)4-5-13-10/h4-7H,2-3H2,1H3,(H2,12,13). The van der Waals surface area contributed by atoms with Crippen LogP contribution in [0.2, 0.25) is 0 Å². The third kappa shape index (κ3) is 2.00. The van der Waals surface area contributed by atoms with Gasteiger partial charge in [0.15, 0.2) is 0 Å². The Labute approximate surface area is 91.8 Å². The van der Waals surface area contributed by atoms with Gasteiger partial charge in [-0.25, -0.2) is 4.98 Å². The highest BCUT2D eigenvalue weighted by Crippen LogP contribution is 2.36. The third-order valence-corrected chi connectivity index (χ3v) is 3.27. The lowest BCUT2D eigenvalue weighted by atomic mass is 10.3. The number of rotatable bonds is 3. The Hall–Kier alpha value is -0.770. The fourth-order valence-corrected chi connectivity index (χ4v) is 1.69. The highest BCUT2D eigenvalue weighted by Gasteiger charge is 2.30. The van der Waals surface area contributed by atoms with Crippen molar-refractivity contribution >= 4 is 21.6 Å². The molecule has 2 rings (SSSR count). The van der Waals surface area contributed by atoms with Crippen LogP contribution < -0.4 is 10.5 Å². The molecule has 1 aliphatic rings. The molecule has 0 aromatic carbocycles. The maximum atomic E-state index is 5.72. The molecule has 1 aromatic heterocycles. The van der Waals surface area contributed by atoms with Crippen molar-refractivity contribution in [2.45, 2.75) is 25.9 Å². The van der Waals surface area contributed by atoms with Crippen LogP contribution in [-0.2, 0) is 0 Å². The molecule has 4 heteroatoms. The quantitative estimate of drug-likeness (QED) is 0.905. The lowest BCUT2D eigenvalue weighted by Gasteiger charge is -2.14. The first-order chi connectivity index (χ1) is 6.68. The van der Waals surface area contributed by atoms with Gasteiger partial charge >= 0.3 is 0 Å². The van der Waals surface area contributed by atoms with E-state index in [9.17, 15) is 0 Å². The monoisotopic (exact) mass is 256 g/mol. The van der Waals surface area contributed by atoms with Gasteiger partial charge in [-0.15, -0.1) is 0 Å². The first kappa shape index (κ1) is 9.77. The molecule has 3 nitrogen and oxygen atoms in total. The number of hydrogen-bond acceptors (Lipinski definition) is 3. The molecule has 1 saturated carbocycles. The molecule has 0 saturated heterocycles. The van der Waals surface area contributed by atoms with Crippen molar-refractivity contribution < 1.29 is 4.74 Å². The molecule has 0 bridgehead atoms. The minimum atomic E-state index is 0.237. The van der Waals surface area contributed by atoms with Gasteiger partial charge in [0.2, 0.25) is 5.88 Å². The molecule has 0 spiro atoms. The Balaban J connectivity index is 2.11. The number of ether oxygens (including phenoxy) is 1. The van der Waals surface area contributed by atoms with Crippen molar-refractivity contribution in [2.75, 3.05) is 5.73 Å². The van der Waals surface area contributed by atoms with Gasteiger partial charge in [-0.3, -0.25) is 0 Å². The largest absolute Gasteiger partial charge is 0.473 e. The van der Waals surface area contributed by atoms with Crippen LogP contribution in [0.5, 0.6) is 5.88 Å². The SMILES string of the molecule is CC(Oc1nccc(N)c1Br)C1CC1. The molecule has 0 radical (unpaired) electrons. The number of pyridine rings is 1. The Bertz CT molecular complexity index is 339. The lowest BCUT2D eigenvalue weighted by molar-refractivity contribution is 0.188. The highest BCUT2D eigenvalue weighted by atomic mass is 79.9. The van der Waals surface area contributed by atoms with E-state index in [1.807, 2.05) is 0 Å². The normalized spacial score (nSPS) is 17.9. The minimum Gasteiger partial charge on any atom is -0.473 e. The van der Waals surface area contributed by atoms with Crippen LogP contribution >= 0.6 is 15.9 Å². The molecule has 0 amide bonds. The second-order valence-corrected chi connectivity index (χ2v) is 4.47. The molecule has 0 aliphatic heterocycles. The topological polar surface area (TPSA) is 48.1 Å². The summed E-state index contributed by atoms with van der Waals surface area (Å²) < 4.78 is 6.47. The number of nitrogens with two attached hydrogens (primary N) is 1. The first-order valence-electron chi connectivity index (χ1n) is 4.75. The van der Waals surface area contributed by atoms with Crippen LogP contribution in [0.4, 0.5) is 5.69 Å². The Morgan fingerprint density at radius 3 is 3.00 bits per heavy atom. The molecule has 1 atom stereocenters. The number of nitrogen functional groups attached to an aromatic ring is 1. The van der Waals surface area contributed by atoms with Gasteiger partial charge in [0, 0.05) is 6.20 Å².